The first kappa shape index (κ1) is 20.2. The van der Waals surface area contributed by atoms with Crippen molar-refractivity contribution in [1.82, 2.24) is 0 Å². The smallest absolute Gasteiger partial charge is 0.303 e. The third-order valence-corrected chi connectivity index (χ3v) is 4.43. The molecule has 0 amide bonds. The third kappa shape index (κ3) is 10.8. The molecule has 134 valence electrons. The minimum Gasteiger partial charge on any atom is -0.481 e. The minimum atomic E-state index is -0.717. The van der Waals surface area contributed by atoms with Crippen LogP contribution >= 0.6 is 0 Å². The average molecular weight is 334 g/mol. The molecule has 1 aliphatic rings. The zero-order valence-electron chi connectivity index (χ0n) is 14.5. The van der Waals surface area contributed by atoms with E-state index in [1.807, 2.05) is 30.3 Å². The van der Waals surface area contributed by atoms with Crippen molar-refractivity contribution in [3.63, 3.8) is 0 Å². The summed E-state index contributed by atoms with van der Waals surface area (Å²) in [7, 11) is 0. The van der Waals surface area contributed by atoms with Crippen LogP contribution in [0.5, 0.6) is 0 Å². The highest BCUT2D eigenvalue weighted by Gasteiger charge is 2.13. The number of rotatable bonds is 8. The molecule has 1 aliphatic carbocycles. The van der Waals surface area contributed by atoms with Gasteiger partial charge in [0.25, 0.3) is 0 Å². The molecule has 2 rings (SSSR count). The molecule has 2 N–H and O–H groups in total. The summed E-state index contributed by atoms with van der Waals surface area (Å²) >= 11 is 0. The van der Waals surface area contributed by atoms with E-state index >= 15 is 0 Å². The van der Waals surface area contributed by atoms with Gasteiger partial charge in [0.05, 0.1) is 0 Å². The lowest BCUT2D eigenvalue weighted by Crippen LogP contribution is -2.06. The number of aliphatic carboxylic acids is 2. The van der Waals surface area contributed by atoms with Crippen molar-refractivity contribution in [2.24, 2.45) is 5.92 Å². The van der Waals surface area contributed by atoms with Crippen LogP contribution in [-0.4, -0.2) is 22.2 Å². The average Bonchev–Trinajstić information content (AvgIpc) is 2.57. The summed E-state index contributed by atoms with van der Waals surface area (Å²) in [6.45, 7) is 0. The summed E-state index contributed by atoms with van der Waals surface area (Å²) in [6, 6.07) is 9.93. The maximum Gasteiger partial charge on any atom is 0.303 e. The highest BCUT2D eigenvalue weighted by atomic mass is 16.4. The van der Waals surface area contributed by atoms with E-state index in [1.54, 1.807) is 0 Å². The molecule has 1 fully saturated rings. The van der Waals surface area contributed by atoms with Gasteiger partial charge in [0.15, 0.2) is 0 Å². The second-order valence-corrected chi connectivity index (χ2v) is 6.52. The zero-order valence-corrected chi connectivity index (χ0v) is 14.5. The quantitative estimate of drug-likeness (QED) is 0.708. The van der Waals surface area contributed by atoms with Crippen LogP contribution in [0.2, 0.25) is 0 Å². The zero-order chi connectivity index (χ0) is 17.6. The first-order valence-corrected chi connectivity index (χ1v) is 9.05. The molecule has 24 heavy (non-hydrogen) atoms. The number of carbonyl (C=O) groups is 2. The van der Waals surface area contributed by atoms with Crippen molar-refractivity contribution >= 4 is 11.9 Å². The van der Waals surface area contributed by atoms with Crippen LogP contribution in [-0.2, 0) is 16.0 Å². The molecule has 0 heterocycles. The molecule has 0 saturated heterocycles. The molecule has 1 aromatic carbocycles. The summed E-state index contributed by atoms with van der Waals surface area (Å²) in [5.74, 6) is -0.533. The second-order valence-electron chi connectivity index (χ2n) is 6.52. The molecule has 1 aromatic rings. The Labute approximate surface area is 144 Å². The van der Waals surface area contributed by atoms with Crippen molar-refractivity contribution in [3.05, 3.63) is 35.9 Å². The van der Waals surface area contributed by atoms with Crippen molar-refractivity contribution in [2.45, 2.75) is 70.6 Å². The highest BCUT2D eigenvalue weighted by molar-refractivity contribution is 5.66. The van der Waals surface area contributed by atoms with Gasteiger partial charge in [0, 0.05) is 12.8 Å². The Kier molecular flexibility index (Phi) is 10.6. The summed E-state index contributed by atoms with van der Waals surface area (Å²) in [6.07, 6.45) is 11.0. The maximum absolute atomic E-state index is 10.2. The number of benzene rings is 1. The van der Waals surface area contributed by atoms with Crippen molar-refractivity contribution in [3.8, 4) is 0 Å². The van der Waals surface area contributed by atoms with Crippen LogP contribution < -0.4 is 0 Å². The second kappa shape index (κ2) is 12.6. The number of hydrogen-bond acceptors (Lipinski definition) is 2. The number of carboxylic acids is 2. The number of carboxylic acid groups (broad SMARTS) is 2. The number of aryl methyl sites for hydroxylation is 1. The molecule has 0 unspecified atom stereocenters. The van der Waals surface area contributed by atoms with Gasteiger partial charge in [-0.05, 0) is 37.2 Å². The summed E-state index contributed by atoms with van der Waals surface area (Å²) in [5, 5.41) is 16.8. The van der Waals surface area contributed by atoms with Crippen LogP contribution in [0.15, 0.2) is 30.3 Å². The van der Waals surface area contributed by atoms with E-state index in [-0.39, 0.29) is 6.42 Å². The summed E-state index contributed by atoms with van der Waals surface area (Å²) < 4.78 is 0. The Bertz CT molecular complexity index is 464. The van der Waals surface area contributed by atoms with E-state index in [4.69, 9.17) is 10.2 Å². The highest BCUT2D eigenvalue weighted by Crippen LogP contribution is 2.27. The molecule has 0 aliphatic heterocycles. The fourth-order valence-corrected chi connectivity index (χ4v) is 3.11. The lowest BCUT2D eigenvalue weighted by molar-refractivity contribution is -0.138. The third-order valence-electron chi connectivity index (χ3n) is 4.43. The van der Waals surface area contributed by atoms with E-state index in [1.165, 1.54) is 37.7 Å². The largest absolute Gasteiger partial charge is 0.481 e. The van der Waals surface area contributed by atoms with Gasteiger partial charge < -0.3 is 10.2 Å². The standard InChI is InChI=1S/C10H18O2.C10H12O2/c2*11-10(12)8-4-7-9-5-2-1-3-6-9/h9H,1-8H2,(H,11,12);1-3,5-6H,4,7-8H2,(H,11,12). The van der Waals surface area contributed by atoms with Crippen LogP contribution in [0.3, 0.4) is 0 Å². The molecule has 0 spiro atoms. The molecular formula is C20H30O4. The minimum absolute atomic E-state index is 0.259. The molecule has 0 atom stereocenters. The Hall–Kier alpha value is -1.84. The van der Waals surface area contributed by atoms with Gasteiger partial charge in [-0.1, -0.05) is 62.4 Å². The van der Waals surface area contributed by atoms with Gasteiger partial charge in [-0.15, -0.1) is 0 Å². The van der Waals surface area contributed by atoms with Crippen LogP contribution in [0.4, 0.5) is 0 Å². The van der Waals surface area contributed by atoms with Gasteiger partial charge in [0.1, 0.15) is 0 Å². The monoisotopic (exact) mass is 334 g/mol. The predicted octanol–water partition coefficient (Wildman–Crippen LogP) is 4.92. The van der Waals surface area contributed by atoms with Crippen LogP contribution in [0.25, 0.3) is 0 Å². The molecule has 0 aromatic heterocycles. The van der Waals surface area contributed by atoms with Crippen molar-refractivity contribution in [1.29, 1.82) is 0 Å². The van der Waals surface area contributed by atoms with E-state index in [9.17, 15) is 9.59 Å². The van der Waals surface area contributed by atoms with Gasteiger partial charge in [0.2, 0.25) is 0 Å². The fourth-order valence-electron chi connectivity index (χ4n) is 3.11. The van der Waals surface area contributed by atoms with Gasteiger partial charge in [-0.3, -0.25) is 9.59 Å². The van der Waals surface area contributed by atoms with E-state index < -0.39 is 11.9 Å². The van der Waals surface area contributed by atoms with Crippen LogP contribution in [0.1, 0.15) is 69.8 Å². The Morgan fingerprint density at radius 2 is 1.46 bits per heavy atom. The van der Waals surface area contributed by atoms with E-state index in [0.717, 1.165) is 31.6 Å². The Morgan fingerprint density at radius 3 is 2.04 bits per heavy atom. The SMILES string of the molecule is O=C(O)CCCC1CCCCC1.O=C(O)CCCc1ccccc1. The molecular weight excluding hydrogens is 304 g/mol. The molecule has 4 heteroatoms. The molecule has 4 nitrogen and oxygen atoms in total. The van der Waals surface area contributed by atoms with Crippen LogP contribution in [0, 0.1) is 5.92 Å². The van der Waals surface area contributed by atoms with Crippen molar-refractivity contribution in [2.75, 3.05) is 0 Å². The van der Waals surface area contributed by atoms with Gasteiger partial charge >= 0.3 is 11.9 Å². The molecule has 0 bridgehead atoms. The lowest BCUT2D eigenvalue weighted by atomic mass is 9.86. The van der Waals surface area contributed by atoms with Gasteiger partial charge in [-0.2, -0.15) is 0 Å². The molecule has 0 radical (unpaired) electrons. The first-order chi connectivity index (χ1) is 11.6. The predicted molar refractivity (Wildman–Crippen MR) is 95.1 cm³/mol. The summed E-state index contributed by atoms with van der Waals surface area (Å²) in [5.41, 5.74) is 1.21. The normalized spacial score (nSPS) is 14.5. The van der Waals surface area contributed by atoms with Gasteiger partial charge in [-0.25, -0.2) is 0 Å². The maximum atomic E-state index is 10.2. The molecule has 1 saturated carbocycles. The lowest BCUT2D eigenvalue weighted by Gasteiger charge is -2.20. The Morgan fingerprint density at radius 1 is 0.875 bits per heavy atom. The number of hydrogen-bond donors (Lipinski definition) is 2. The Balaban J connectivity index is 0.000000240. The fraction of sp³-hybridized carbons (Fsp3) is 0.600. The van der Waals surface area contributed by atoms with E-state index in [0.29, 0.717) is 6.42 Å². The summed E-state index contributed by atoms with van der Waals surface area (Å²) in [4.78, 5) is 20.4. The first-order valence-electron chi connectivity index (χ1n) is 9.05. The van der Waals surface area contributed by atoms with E-state index in [2.05, 4.69) is 0 Å². The topological polar surface area (TPSA) is 74.6 Å². The van der Waals surface area contributed by atoms with Crippen molar-refractivity contribution < 1.29 is 19.8 Å².